The number of nitrogens with zero attached hydrogens (tertiary/aromatic N) is 5. The molecule has 346 valence electrons. The molecule has 0 bridgehead atoms. The van der Waals surface area contributed by atoms with Gasteiger partial charge in [-0.15, -0.1) is 10.2 Å². The van der Waals surface area contributed by atoms with E-state index in [2.05, 4.69) is 69.4 Å². The Bertz CT molecular complexity index is 2980. The number of amides is 2. The fourth-order valence-electron chi connectivity index (χ4n) is 7.87. The number of carbonyl (C=O) groups is 2. The number of pyridine rings is 1. The highest BCUT2D eigenvalue weighted by atomic mass is 32.2. The maximum Gasteiger partial charge on any atom is 0.294 e. The molecule has 4 heterocycles. The van der Waals surface area contributed by atoms with Gasteiger partial charge in [-0.25, -0.2) is 13.6 Å². The first kappa shape index (κ1) is 49.0. The van der Waals surface area contributed by atoms with E-state index in [1.54, 1.807) is 18.2 Å². The van der Waals surface area contributed by atoms with Crippen molar-refractivity contribution in [1.29, 1.82) is 0 Å². The quantitative estimate of drug-likeness (QED) is 0.0364. The van der Waals surface area contributed by atoms with Crippen LogP contribution in [0, 0.1) is 0 Å². The second kappa shape index (κ2) is 19.2. The Morgan fingerprint density at radius 1 is 0.938 bits per heavy atom. The molecule has 2 aliphatic heterocycles. The van der Waals surface area contributed by atoms with Crippen LogP contribution in [0.2, 0.25) is 0 Å². The van der Waals surface area contributed by atoms with Crippen LogP contribution < -0.4 is 20.7 Å². The molecular formula is C43H51N8O10S4+. The number of hydrogen-bond acceptors (Lipinski definition) is 13. The van der Waals surface area contributed by atoms with Crippen LogP contribution in [0.25, 0.3) is 5.57 Å². The number of primary sulfonamides is 1. The first-order valence-electron chi connectivity index (χ1n) is 20.5. The van der Waals surface area contributed by atoms with Gasteiger partial charge < -0.3 is 15.5 Å². The summed E-state index contributed by atoms with van der Waals surface area (Å²) in [7, 11) is -12.9. The average Bonchev–Trinajstić information content (AvgIpc) is 3.85. The van der Waals surface area contributed by atoms with Crippen molar-refractivity contribution in [2.24, 2.45) is 5.14 Å². The van der Waals surface area contributed by atoms with Crippen LogP contribution in [-0.2, 0) is 45.9 Å². The number of hydrogen-bond donors (Lipinski definition) is 5. The van der Waals surface area contributed by atoms with Crippen LogP contribution in [0.4, 0.5) is 16.5 Å². The van der Waals surface area contributed by atoms with Gasteiger partial charge in [-0.3, -0.25) is 23.7 Å². The molecule has 4 aromatic rings. The molecule has 2 aromatic heterocycles. The lowest BCUT2D eigenvalue weighted by Crippen LogP contribution is -2.28. The number of anilines is 2. The maximum atomic E-state index is 13.2. The molecule has 18 nitrogen and oxygen atoms in total. The van der Waals surface area contributed by atoms with Gasteiger partial charge in [0.25, 0.3) is 36.2 Å². The molecule has 22 heteroatoms. The van der Waals surface area contributed by atoms with Gasteiger partial charge in [-0.05, 0) is 68.3 Å². The summed E-state index contributed by atoms with van der Waals surface area (Å²) in [5, 5.41) is 17.1. The highest BCUT2D eigenvalue weighted by Gasteiger charge is 2.44. The standard InChI is InChI=1S/C43H50N8O10S4/c1-6-7-23-50-34-12-9-8-11-31(34)42(2,3)36(50)19-14-28(33-17-13-29(27-46-33)39(53)45-22-21-38(52)47-40-48-49-41(62-40)64(44,57)58)15-20-37-43(4,5)32-26-30(65(59,60)61)16-18-35(32)51(37)24-10-25-63(54,55)56/h8-9,11-20,26-27H,6-7,10,21-25H2,1-5H3,(H5-,44,45,47,48,52,53,54,55,56,57,58,59,60,61)/p+1. The summed E-state index contributed by atoms with van der Waals surface area (Å²) >= 11 is 0.593. The minimum atomic E-state index is -4.55. The average molecular weight is 968 g/mol. The van der Waals surface area contributed by atoms with Gasteiger partial charge in [-0.1, -0.05) is 62.8 Å². The lowest BCUT2D eigenvalue weighted by atomic mass is 9.81. The van der Waals surface area contributed by atoms with Crippen molar-refractivity contribution in [1.82, 2.24) is 20.5 Å². The molecule has 0 radical (unpaired) electrons. The number of allylic oxidation sites excluding steroid dienone is 6. The zero-order valence-corrected chi connectivity index (χ0v) is 39.6. The second-order valence-electron chi connectivity index (χ2n) is 16.5. The molecule has 2 aliphatic rings. The Morgan fingerprint density at radius 3 is 2.32 bits per heavy atom. The Morgan fingerprint density at radius 2 is 1.68 bits per heavy atom. The number of aromatic nitrogens is 3. The maximum absolute atomic E-state index is 13.2. The second-order valence-corrected chi connectivity index (χ2v) is 22.2. The summed E-state index contributed by atoms with van der Waals surface area (Å²) in [5.74, 6) is -1.55. The predicted octanol–water partition coefficient (Wildman–Crippen LogP) is 5.36. The van der Waals surface area contributed by atoms with Crippen LogP contribution in [-0.4, -0.2) is 97.0 Å². The number of para-hydroxylation sites is 1. The molecular weight excluding hydrogens is 917 g/mol. The molecule has 0 spiro atoms. The third-order valence-electron chi connectivity index (χ3n) is 11.2. The van der Waals surface area contributed by atoms with Crippen molar-refractivity contribution in [3.05, 3.63) is 113 Å². The van der Waals surface area contributed by atoms with Crippen LogP contribution in [0.15, 0.2) is 100 Å². The van der Waals surface area contributed by atoms with E-state index < -0.39 is 57.6 Å². The van der Waals surface area contributed by atoms with Crippen LogP contribution in [0.5, 0.6) is 0 Å². The number of sulfonamides is 1. The molecule has 0 fully saturated rings. The Balaban J connectivity index is 1.35. The summed E-state index contributed by atoms with van der Waals surface area (Å²) in [6.45, 7) is 11.1. The van der Waals surface area contributed by atoms with Gasteiger partial charge in [-0.2, -0.15) is 21.4 Å². The normalized spacial score (nSPS) is 16.6. The molecule has 0 saturated heterocycles. The van der Waals surface area contributed by atoms with Crippen molar-refractivity contribution < 1.29 is 48.5 Å². The molecule has 6 N–H and O–H groups in total. The van der Waals surface area contributed by atoms with Gasteiger partial charge in [0.05, 0.1) is 27.3 Å². The fraction of sp³-hybridized carbons (Fsp3) is 0.349. The first-order chi connectivity index (χ1) is 30.4. The van der Waals surface area contributed by atoms with E-state index >= 15 is 0 Å². The zero-order chi connectivity index (χ0) is 47.5. The van der Waals surface area contributed by atoms with Gasteiger partial charge in [0.2, 0.25) is 21.1 Å². The van der Waals surface area contributed by atoms with Crippen molar-refractivity contribution in [3.63, 3.8) is 0 Å². The van der Waals surface area contributed by atoms with E-state index in [0.717, 1.165) is 30.8 Å². The van der Waals surface area contributed by atoms with Crippen LogP contribution in [0.1, 0.15) is 87.5 Å². The summed E-state index contributed by atoms with van der Waals surface area (Å²) in [5.41, 5.74) is 5.29. The molecule has 65 heavy (non-hydrogen) atoms. The van der Waals surface area contributed by atoms with E-state index in [9.17, 15) is 43.9 Å². The molecule has 0 unspecified atom stereocenters. The Kier molecular flexibility index (Phi) is 14.4. The van der Waals surface area contributed by atoms with E-state index in [4.69, 9.17) is 5.14 Å². The molecule has 6 rings (SSSR count). The van der Waals surface area contributed by atoms with Crippen molar-refractivity contribution in [2.75, 3.05) is 35.6 Å². The van der Waals surface area contributed by atoms with Crippen molar-refractivity contribution in [2.45, 2.75) is 80.4 Å². The molecule has 0 aliphatic carbocycles. The number of nitrogens with two attached hydrogens (primary N) is 1. The van der Waals surface area contributed by atoms with E-state index in [1.165, 1.54) is 23.9 Å². The number of unbranched alkanes of at least 4 members (excludes halogenated alkanes) is 1. The van der Waals surface area contributed by atoms with E-state index in [0.29, 0.717) is 39.6 Å². The number of rotatable bonds is 18. The minimum absolute atomic E-state index is 0.0465. The number of carbonyl (C=O) groups excluding carboxylic acids is 2. The highest BCUT2D eigenvalue weighted by Crippen LogP contribution is 2.49. The first-order valence-corrected chi connectivity index (χ1v) is 25.9. The SMILES string of the molecule is CCCC[N+]1=C(/C=C/C(=C/C=C2/N(CCCS(=O)(=O)O)c3ccc(S(=O)(=O)O)cc3C2(C)C)c2ccc(C(=O)NCCC(=O)Nc3nnc(S(N)(=O)=O)s3)cn2)C(C)(C)c2ccccc21. The molecule has 2 aromatic carbocycles. The topological polar surface area (TPSA) is 272 Å². The number of nitrogens with one attached hydrogen (secondary N) is 2. The van der Waals surface area contributed by atoms with Crippen molar-refractivity contribution in [3.8, 4) is 0 Å². The van der Waals surface area contributed by atoms with Gasteiger partial charge in [0.1, 0.15) is 6.54 Å². The van der Waals surface area contributed by atoms with E-state index in [-0.39, 0.29) is 46.9 Å². The number of benzene rings is 2. The Hall–Kier alpha value is -5.49. The van der Waals surface area contributed by atoms with Gasteiger partial charge in [0, 0.05) is 72.2 Å². The minimum Gasteiger partial charge on any atom is -0.351 e. The van der Waals surface area contributed by atoms with Crippen LogP contribution >= 0.6 is 11.3 Å². The zero-order valence-electron chi connectivity index (χ0n) is 36.3. The van der Waals surface area contributed by atoms with Crippen molar-refractivity contribution >= 4 is 81.2 Å². The van der Waals surface area contributed by atoms with Crippen LogP contribution in [0.3, 0.4) is 0 Å². The summed E-state index contributed by atoms with van der Waals surface area (Å²) in [6.07, 6.45) is 10.9. The summed E-state index contributed by atoms with van der Waals surface area (Å²) < 4.78 is 92.2. The largest absolute Gasteiger partial charge is 0.351 e. The monoisotopic (exact) mass is 967 g/mol. The summed E-state index contributed by atoms with van der Waals surface area (Å²) in [4.78, 5) is 31.9. The summed E-state index contributed by atoms with van der Waals surface area (Å²) in [6, 6.07) is 15.8. The van der Waals surface area contributed by atoms with Gasteiger partial charge in [0.15, 0.2) is 5.71 Å². The molecule has 0 atom stereocenters. The predicted molar refractivity (Wildman–Crippen MR) is 248 cm³/mol. The lowest BCUT2D eigenvalue weighted by molar-refractivity contribution is -0.438. The van der Waals surface area contributed by atoms with E-state index in [1.807, 2.05) is 49.1 Å². The smallest absolute Gasteiger partial charge is 0.294 e. The lowest BCUT2D eigenvalue weighted by Gasteiger charge is -2.27. The number of fused-ring (bicyclic) bond motifs is 2. The molecule has 2 amide bonds. The third kappa shape index (κ3) is 11.3. The fourth-order valence-corrected chi connectivity index (χ4v) is 10.2. The third-order valence-corrected chi connectivity index (χ3v) is 15.0. The van der Waals surface area contributed by atoms with Gasteiger partial charge >= 0.3 is 0 Å². The highest BCUT2D eigenvalue weighted by molar-refractivity contribution is 7.91. The molecule has 0 saturated carbocycles. The Labute approximate surface area is 382 Å².